The number of piperidine rings is 1. The predicted molar refractivity (Wildman–Crippen MR) is 90.8 cm³/mol. The zero-order chi connectivity index (χ0) is 15.4. The van der Waals surface area contributed by atoms with E-state index in [2.05, 4.69) is 21.7 Å². The molecular formula is C16H22N4OS. The third-order valence-corrected chi connectivity index (χ3v) is 5.54. The Bertz CT molecular complexity index is 634. The molecule has 0 spiro atoms. The lowest BCUT2D eigenvalue weighted by Crippen LogP contribution is -2.30. The minimum atomic E-state index is -0.265. The highest BCUT2D eigenvalue weighted by Gasteiger charge is 2.19. The Morgan fingerprint density at radius 2 is 2.14 bits per heavy atom. The summed E-state index contributed by atoms with van der Waals surface area (Å²) in [6.45, 7) is 3.01. The Kier molecular flexibility index (Phi) is 5.06. The molecule has 0 saturated carbocycles. The van der Waals surface area contributed by atoms with E-state index >= 15 is 0 Å². The number of nitrogen functional groups attached to an aromatic ring is 1. The Morgan fingerprint density at radius 1 is 1.32 bits per heavy atom. The summed E-state index contributed by atoms with van der Waals surface area (Å²) in [7, 11) is 0. The van der Waals surface area contributed by atoms with Gasteiger partial charge in [-0.05, 0) is 44.5 Å². The largest absolute Gasteiger partial charge is 0.382 e. The van der Waals surface area contributed by atoms with Gasteiger partial charge in [-0.2, -0.15) is 4.98 Å². The second kappa shape index (κ2) is 7.21. The Labute approximate surface area is 135 Å². The smallest absolute Gasteiger partial charge is 0.350 e. The van der Waals surface area contributed by atoms with Crippen LogP contribution in [-0.2, 0) is 0 Å². The van der Waals surface area contributed by atoms with Crippen LogP contribution >= 0.6 is 11.8 Å². The average Bonchev–Trinajstić information content (AvgIpc) is 3.04. The monoisotopic (exact) mass is 318 g/mol. The maximum Gasteiger partial charge on any atom is 0.350 e. The minimum absolute atomic E-state index is 0.184. The molecule has 0 amide bonds. The fourth-order valence-electron chi connectivity index (χ4n) is 2.93. The van der Waals surface area contributed by atoms with Crippen molar-refractivity contribution in [2.75, 3.05) is 31.1 Å². The van der Waals surface area contributed by atoms with Gasteiger partial charge >= 0.3 is 5.69 Å². The van der Waals surface area contributed by atoms with Gasteiger partial charge in [0, 0.05) is 6.20 Å². The van der Waals surface area contributed by atoms with Crippen LogP contribution in [0.1, 0.15) is 43.0 Å². The van der Waals surface area contributed by atoms with Gasteiger partial charge < -0.3 is 5.73 Å². The lowest BCUT2D eigenvalue weighted by atomic mass is 10.1. The first-order valence-corrected chi connectivity index (χ1v) is 9.00. The first kappa shape index (κ1) is 15.4. The molecule has 0 aliphatic carbocycles. The summed E-state index contributed by atoms with van der Waals surface area (Å²) in [6, 6.07) is 0. The zero-order valence-corrected chi connectivity index (χ0v) is 13.6. The van der Waals surface area contributed by atoms with E-state index in [9.17, 15) is 4.79 Å². The summed E-state index contributed by atoms with van der Waals surface area (Å²) in [5, 5.41) is 0.184. The molecule has 1 unspecified atom stereocenters. The van der Waals surface area contributed by atoms with Crippen LogP contribution in [0.15, 0.2) is 11.0 Å². The molecule has 3 heterocycles. The molecule has 5 nitrogen and oxygen atoms in total. The summed E-state index contributed by atoms with van der Waals surface area (Å²) < 4.78 is 1.69. The van der Waals surface area contributed by atoms with Crippen molar-refractivity contribution in [2.24, 2.45) is 0 Å². The molecule has 2 fully saturated rings. The van der Waals surface area contributed by atoms with Crippen molar-refractivity contribution < 1.29 is 0 Å². The molecule has 1 aromatic heterocycles. The van der Waals surface area contributed by atoms with Gasteiger partial charge in [0.1, 0.15) is 5.82 Å². The van der Waals surface area contributed by atoms with Gasteiger partial charge in [-0.3, -0.25) is 9.47 Å². The van der Waals surface area contributed by atoms with Crippen LogP contribution in [0.5, 0.6) is 0 Å². The molecule has 1 aromatic rings. The molecule has 0 radical (unpaired) electrons. The molecule has 3 rings (SSSR count). The Morgan fingerprint density at radius 3 is 2.86 bits per heavy atom. The quantitative estimate of drug-likeness (QED) is 0.841. The number of likely N-dealkylation sites (tertiary alicyclic amines) is 1. The van der Waals surface area contributed by atoms with E-state index < -0.39 is 0 Å². The molecule has 118 valence electrons. The lowest BCUT2D eigenvalue weighted by molar-refractivity contribution is 0.255. The van der Waals surface area contributed by atoms with Crippen molar-refractivity contribution >= 4 is 17.6 Å². The first-order chi connectivity index (χ1) is 10.7. The van der Waals surface area contributed by atoms with Crippen molar-refractivity contribution in [3.05, 3.63) is 22.2 Å². The number of hydrogen-bond acceptors (Lipinski definition) is 5. The van der Waals surface area contributed by atoms with E-state index in [1.54, 1.807) is 22.5 Å². The topological polar surface area (TPSA) is 64.1 Å². The van der Waals surface area contributed by atoms with Gasteiger partial charge in [0.05, 0.1) is 17.5 Å². The third kappa shape index (κ3) is 3.65. The SMILES string of the molecule is Nc1nc(=O)n(C2CCCS2)cc1C#CCN1CCCCC1. The van der Waals surface area contributed by atoms with Gasteiger partial charge in [0.25, 0.3) is 0 Å². The molecule has 2 saturated heterocycles. The Hall–Kier alpha value is -1.45. The number of anilines is 1. The molecule has 0 bridgehead atoms. The van der Waals surface area contributed by atoms with E-state index in [1.807, 2.05) is 0 Å². The van der Waals surface area contributed by atoms with Crippen LogP contribution in [0.25, 0.3) is 0 Å². The normalized spacial score (nSPS) is 22.3. The highest BCUT2D eigenvalue weighted by Crippen LogP contribution is 2.34. The number of nitrogens with two attached hydrogens (primary N) is 1. The maximum absolute atomic E-state index is 12.0. The molecule has 0 aromatic carbocycles. The average molecular weight is 318 g/mol. The van der Waals surface area contributed by atoms with Crippen molar-refractivity contribution in [1.29, 1.82) is 0 Å². The summed E-state index contributed by atoms with van der Waals surface area (Å²) in [5.74, 6) is 7.63. The number of aromatic nitrogens is 2. The maximum atomic E-state index is 12.0. The van der Waals surface area contributed by atoms with Crippen LogP contribution in [0.2, 0.25) is 0 Å². The predicted octanol–water partition coefficient (Wildman–Crippen LogP) is 1.69. The minimum Gasteiger partial charge on any atom is -0.382 e. The van der Waals surface area contributed by atoms with Crippen LogP contribution in [-0.4, -0.2) is 39.8 Å². The number of thioether (sulfide) groups is 1. The lowest BCUT2D eigenvalue weighted by Gasteiger charge is -2.23. The molecule has 2 aliphatic heterocycles. The second-order valence-electron chi connectivity index (χ2n) is 5.84. The van der Waals surface area contributed by atoms with Crippen LogP contribution in [0, 0.1) is 11.8 Å². The second-order valence-corrected chi connectivity index (χ2v) is 7.12. The van der Waals surface area contributed by atoms with Crippen LogP contribution < -0.4 is 11.4 Å². The standard InChI is InChI=1S/C16H22N4OS/c17-15-13(6-4-10-19-8-2-1-3-9-19)12-20(16(21)18-15)14-7-5-11-22-14/h12,14H,1-3,5,7-11H2,(H2,17,18,21). The molecular weight excluding hydrogens is 296 g/mol. The van der Waals surface area contributed by atoms with Gasteiger partial charge in [0.2, 0.25) is 0 Å². The highest BCUT2D eigenvalue weighted by atomic mass is 32.2. The van der Waals surface area contributed by atoms with Crippen LogP contribution in [0.3, 0.4) is 0 Å². The van der Waals surface area contributed by atoms with Crippen molar-refractivity contribution in [3.8, 4) is 11.8 Å². The van der Waals surface area contributed by atoms with E-state index in [-0.39, 0.29) is 16.9 Å². The van der Waals surface area contributed by atoms with Crippen LogP contribution in [0.4, 0.5) is 5.82 Å². The van der Waals surface area contributed by atoms with E-state index in [0.29, 0.717) is 5.56 Å². The Balaban J connectivity index is 1.75. The number of hydrogen-bond donors (Lipinski definition) is 1. The zero-order valence-electron chi connectivity index (χ0n) is 12.8. The van der Waals surface area contributed by atoms with Crippen molar-refractivity contribution in [3.63, 3.8) is 0 Å². The van der Waals surface area contributed by atoms with Gasteiger partial charge in [-0.15, -0.1) is 11.8 Å². The number of nitrogens with zero attached hydrogens (tertiary/aromatic N) is 3. The number of rotatable bonds is 2. The van der Waals surface area contributed by atoms with E-state index in [1.165, 1.54) is 19.3 Å². The highest BCUT2D eigenvalue weighted by molar-refractivity contribution is 7.99. The molecule has 22 heavy (non-hydrogen) atoms. The summed E-state index contributed by atoms with van der Waals surface area (Å²) in [5.41, 5.74) is 6.27. The van der Waals surface area contributed by atoms with Crippen molar-refractivity contribution in [2.45, 2.75) is 37.5 Å². The van der Waals surface area contributed by atoms with Gasteiger partial charge in [-0.25, -0.2) is 4.79 Å². The van der Waals surface area contributed by atoms with E-state index in [4.69, 9.17) is 5.73 Å². The third-order valence-electron chi connectivity index (χ3n) is 4.17. The summed E-state index contributed by atoms with van der Waals surface area (Å²) in [4.78, 5) is 18.3. The van der Waals surface area contributed by atoms with Gasteiger partial charge in [0.15, 0.2) is 0 Å². The summed E-state index contributed by atoms with van der Waals surface area (Å²) in [6.07, 6.45) is 7.78. The molecule has 1 atom stereocenters. The molecule has 6 heteroatoms. The molecule has 2 aliphatic rings. The first-order valence-electron chi connectivity index (χ1n) is 7.95. The summed E-state index contributed by atoms with van der Waals surface area (Å²) >= 11 is 1.80. The molecule has 2 N–H and O–H groups in total. The fourth-order valence-corrected chi connectivity index (χ4v) is 4.18. The fraction of sp³-hybridized carbons (Fsp3) is 0.625. The van der Waals surface area contributed by atoms with E-state index in [0.717, 1.165) is 38.2 Å². The van der Waals surface area contributed by atoms with Crippen molar-refractivity contribution in [1.82, 2.24) is 14.5 Å². The van der Waals surface area contributed by atoms with Gasteiger partial charge in [-0.1, -0.05) is 18.3 Å².